The molecule has 23 heavy (non-hydrogen) atoms. The van der Waals surface area contributed by atoms with Crippen LogP contribution in [0, 0.1) is 0 Å². The standard InChI is InChI=1S/C18H20N2O3/c1-3-5-11-23-15-10-9-14-16-12(15)7-6-8-13(16)17(21)20(18(14)22)19-4-2/h6-10,19H,3-5,11H2,1-2H3. The van der Waals surface area contributed by atoms with Crippen LogP contribution in [-0.2, 0) is 0 Å². The van der Waals surface area contributed by atoms with E-state index >= 15 is 0 Å². The number of amides is 2. The Labute approximate surface area is 135 Å². The summed E-state index contributed by atoms with van der Waals surface area (Å²) in [4.78, 5) is 25.2. The van der Waals surface area contributed by atoms with Crippen LogP contribution in [0.4, 0.5) is 0 Å². The first-order chi connectivity index (χ1) is 11.2. The van der Waals surface area contributed by atoms with E-state index in [9.17, 15) is 9.59 Å². The van der Waals surface area contributed by atoms with Gasteiger partial charge in [0.2, 0.25) is 0 Å². The number of carbonyl (C=O) groups is 2. The zero-order chi connectivity index (χ0) is 16.4. The Balaban J connectivity index is 2.12. The van der Waals surface area contributed by atoms with Gasteiger partial charge in [-0.2, -0.15) is 0 Å². The summed E-state index contributed by atoms with van der Waals surface area (Å²) in [5.41, 5.74) is 3.88. The van der Waals surface area contributed by atoms with Gasteiger partial charge >= 0.3 is 0 Å². The van der Waals surface area contributed by atoms with E-state index in [4.69, 9.17) is 4.74 Å². The molecule has 0 atom stereocenters. The molecule has 5 heteroatoms. The van der Waals surface area contributed by atoms with E-state index in [2.05, 4.69) is 12.3 Å². The van der Waals surface area contributed by atoms with Crippen molar-refractivity contribution in [1.82, 2.24) is 10.4 Å². The molecule has 1 aliphatic rings. The van der Waals surface area contributed by atoms with Gasteiger partial charge in [-0.25, -0.2) is 10.4 Å². The highest BCUT2D eigenvalue weighted by Gasteiger charge is 2.33. The molecule has 0 saturated heterocycles. The van der Waals surface area contributed by atoms with Crippen LogP contribution in [0.5, 0.6) is 5.75 Å². The summed E-state index contributed by atoms with van der Waals surface area (Å²) in [5.74, 6) is 0.0814. The molecule has 0 fully saturated rings. The number of imide groups is 1. The SMILES string of the molecule is CCCCOc1ccc2c3c(cccc13)C(=O)N(NCC)C2=O. The molecule has 1 aliphatic heterocycles. The van der Waals surface area contributed by atoms with E-state index in [1.54, 1.807) is 12.1 Å². The molecule has 2 amide bonds. The molecular formula is C18H20N2O3. The molecule has 120 valence electrons. The third-order valence-electron chi connectivity index (χ3n) is 3.94. The Bertz CT molecular complexity index is 748. The summed E-state index contributed by atoms with van der Waals surface area (Å²) in [6.07, 6.45) is 2.02. The van der Waals surface area contributed by atoms with Crippen LogP contribution in [0.3, 0.4) is 0 Å². The largest absolute Gasteiger partial charge is 0.493 e. The summed E-state index contributed by atoms with van der Waals surface area (Å²) in [7, 11) is 0. The van der Waals surface area contributed by atoms with Gasteiger partial charge in [-0.15, -0.1) is 0 Å². The first-order valence-electron chi connectivity index (χ1n) is 7.99. The number of unbranched alkanes of at least 4 members (excludes halogenated alkanes) is 1. The lowest BCUT2D eigenvalue weighted by Crippen LogP contribution is -2.49. The Morgan fingerprint density at radius 2 is 1.78 bits per heavy atom. The van der Waals surface area contributed by atoms with Crippen molar-refractivity contribution in [2.45, 2.75) is 26.7 Å². The Hall–Kier alpha value is -2.40. The molecular weight excluding hydrogens is 292 g/mol. The average Bonchev–Trinajstić information content (AvgIpc) is 2.57. The minimum Gasteiger partial charge on any atom is -0.493 e. The predicted octanol–water partition coefficient (Wildman–Crippen LogP) is 3.14. The first kappa shape index (κ1) is 15.5. The number of nitrogens with one attached hydrogen (secondary N) is 1. The molecule has 0 aromatic heterocycles. The Morgan fingerprint density at radius 3 is 2.48 bits per heavy atom. The molecule has 3 rings (SSSR count). The van der Waals surface area contributed by atoms with Gasteiger partial charge in [0, 0.05) is 17.3 Å². The number of carbonyl (C=O) groups excluding carboxylic acids is 2. The van der Waals surface area contributed by atoms with Gasteiger partial charge in [0.05, 0.1) is 17.7 Å². The van der Waals surface area contributed by atoms with Gasteiger partial charge in [0.1, 0.15) is 5.75 Å². The minimum absolute atomic E-state index is 0.319. The third kappa shape index (κ3) is 2.57. The van der Waals surface area contributed by atoms with Gasteiger partial charge in [-0.05, 0) is 24.6 Å². The molecule has 0 spiro atoms. The van der Waals surface area contributed by atoms with E-state index in [1.807, 2.05) is 25.1 Å². The van der Waals surface area contributed by atoms with Crippen LogP contribution in [0.2, 0.25) is 0 Å². The molecule has 1 N–H and O–H groups in total. The summed E-state index contributed by atoms with van der Waals surface area (Å²) in [6, 6.07) is 9.03. The quantitative estimate of drug-likeness (QED) is 0.657. The molecule has 2 aromatic rings. The van der Waals surface area contributed by atoms with Crippen LogP contribution >= 0.6 is 0 Å². The third-order valence-corrected chi connectivity index (χ3v) is 3.94. The first-order valence-corrected chi connectivity index (χ1v) is 7.99. The Morgan fingerprint density at radius 1 is 1.04 bits per heavy atom. The van der Waals surface area contributed by atoms with Crippen molar-refractivity contribution in [1.29, 1.82) is 0 Å². The smallest absolute Gasteiger partial charge is 0.275 e. The zero-order valence-corrected chi connectivity index (χ0v) is 13.4. The summed E-state index contributed by atoms with van der Waals surface area (Å²) >= 11 is 0. The molecule has 0 saturated carbocycles. The van der Waals surface area contributed by atoms with Crippen molar-refractivity contribution in [3.8, 4) is 5.75 Å². The average molecular weight is 312 g/mol. The number of hydrazine groups is 1. The van der Waals surface area contributed by atoms with E-state index in [1.165, 1.54) is 0 Å². The predicted molar refractivity (Wildman–Crippen MR) is 88.5 cm³/mol. The van der Waals surface area contributed by atoms with Crippen molar-refractivity contribution < 1.29 is 14.3 Å². The summed E-state index contributed by atoms with van der Waals surface area (Å²) in [5, 5.41) is 2.59. The van der Waals surface area contributed by atoms with Gasteiger partial charge in [-0.1, -0.05) is 32.4 Å². The van der Waals surface area contributed by atoms with Crippen LogP contribution in [-0.4, -0.2) is 30.0 Å². The van der Waals surface area contributed by atoms with Crippen LogP contribution in [0.25, 0.3) is 10.8 Å². The molecule has 5 nitrogen and oxygen atoms in total. The van der Waals surface area contributed by atoms with E-state index in [0.29, 0.717) is 29.7 Å². The van der Waals surface area contributed by atoms with Crippen molar-refractivity contribution in [2.75, 3.05) is 13.2 Å². The fourth-order valence-corrected chi connectivity index (χ4v) is 2.82. The maximum atomic E-state index is 12.6. The van der Waals surface area contributed by atoms with Gasteiger partial charge in [0.25, 0.3) is 11.8 Å². The molecule has 0 aliphatic carbocycles. The zero-order valence-electron chi connectivity index (χ0n) is 13.4. The van der Waals surface area contributed by atoms with Gasteiger partial charge in [0.15, 0.2) is 0 Å². The maximum Gasteiger partial charge on any atom is 0.275 e. The lowest BCUT2D eigenvalue weighted by atomic mass is 9.94. The highest BCUT2D eigenvalue weighted by atomic mass is 16.5. The number of hydrogen-bond donors (Lipinski definition) is 1. The second-order valence-electron chi connectivity index (χ2n) is 5.50. The van der Waals surface area contributed by atoms with E-state index in [-0.39, 0.29) is 11.8 Å². The number of ether oxygens (including phenoxy) is 1. The van der Waals surface area contributed by atoms with E-state index < -0.39 is 0 Å². The highest BCUT2D eigenvalue weighted by Crippen LogP contribution is 2.35. The second-order valence-corrected chi connectivity index (χ2v) is 5.50. The van der Waals surface area contributed by atoms with Crippen molar-refractivity contribution in [3.05, 3.63) is 41.5 Å². The van der Waals surface area contributed by atoms with Gasteiger partial charge < -0.3 is 4.74 Å². The normalized spacial score (nSPS) is 13.7. The number of rotatable bonds is 6. The van der Waals surface area contributed by atoms with Crippen LogP contribution in [0.1, 0.15) is 47.4 Å². The maximum absolute atomic E-state index is 12.6. The van der Waals surface area contributed by atoms with Crippen molar-refractivity contribution in [3.63, 3.8) is 0 Å². The van der Waals surface area contributed by atoms with Crippen molar-refractivity contribution >= 4 is 22.6 Å². The summed E-state index contributed by atoms with van der Waals surface area (Å²) in [6.45, 7) is 5.08. The lowest BCUT2D eigenvalue weighted by Gasteiger charge is -2.27. The number of benzene rings is 2. The molecule has 1 heterocycles. The Kier molecular flexibility index (Phi) is 4.30. The van der Waals surface area contributed by atoms with E-state index in [0.717, 1.165) is 29.0 Å². The van der Waals surface area contributed by atoms with Crippen LogP contribution in [0.15, 0.2) is 30.3 Å². The molecule has 0 unspecified atom stereocenters. The number of nitrogens with zero attached hydrogens (tertiary/aromatic N) is 1. The number of hydrogen-bond acceptors (Lipinski definition) is 4. The minimum atomic E-state index is -0.319. The van der Waals surface area contributed by atoms with Crippen LogP contribution < -0.4 is 10.2 Å². The lowest BCUT2D eigenvalue weighted by molar-refractivity contribution is 0.0525. The fourth-order valence-electron chi connectivity index (χ4n) is 2.82. The van der Waals surface area contributed by atoms with Crippen molar-refractivity contribution in [2.24, 2.45) is 0 Å². The fraction of sp³-hybridized carbons (Fsp3) is 0.333. The van der Waals surface area contributed by atoms with Gasteiger partial charge in [-0.3, -0.25) is 9.59 Å². The topological polar surface area (TPSA) is 58.6 Å². The molecule has 2 aromatic carbocycles. The molecule has 0 radical (unpaired) electrons. The monoisotopic (exact) mass is 312 g/mol. The summed E-state index contributed by atoms with van der Waals surface area (Å²) < 4.78 is 5.83. The second kappa shape index (κ2) is 6.38. The molecule has 0 bridgehead atoms. The highest BCUT2D eigenvalue weighted by molar-refractivity contribution is 6.25.